The summed E-state index contributed by atoms with van der Waals surface area (Å²) in [4.78, 5) is 12.4. The van der Waals surface area contributed by atoms with Gasteiger partial charge in [0.15, 0.2) is 0 Å². The summed E-state index contributed by atoms with van der Waals surface area (Å²) in [5, 5.41) is 22.4. The third-order valence-electron chi connectivity index (χ3n) is 5.84. The van der Waals surface area contributed by atoms with Gasteiger partial charge in [0.1, 0.15) is 41.6 Å². The normalized spacial score (nSPS) is 21.1. The molecule has 0 spiro atoms. The minimum Gasteiger partial charge on any atom is -0.388 e. The van der Waals surface area contributed by atoms with Crippen molar-refractivity contribution in [3.05, 3.63) is 65.9 Å². The topological polar surface area (TPSA) is 136 Å². The van der Waals surface area contributed by atoms with Crippen LogP contribution in [0.25, 0.3) is 21.9 Å². The zero-order chi connectivity index (χ0) is 21.7. The van der Waals surface area contributed by atoms with Crippen molar-refractivity contribution >= 4 is 33.6 Å². The number of nitrogen functional groups attached to an aromatic ring is 2. The molecule has 31 heavy (non-hydrogen) atoms. The fraction of sp³-hybridized carbons (Fsp3) is 0.227. The fourth-order valence-electron chi connectivity index (χ4n) is 4.22. The Morgan fingerprint density at radius 2 is 1.87 bits per heavy atom. The highest BCUT2D eigenvalue weighted by molar-refractivity contribution is 5.86. The highest BCUT2D eigenvalue weighted by Gasteiger charge is 2.36. The fourth-order valence-corrected chi connectivity index (χ4v) is 4.22. The Labute approximate surface area is 176 Å². The van der Waals surface area contributed by atoms with Gasteiger partial charge in [-0.3, -0.25) is 0 Å². The van der Waals surface area contributed by atoms with E-state index >= 15 is 0 Å². The molecular weight excluding hydrogens is 399 g/mol. The van der Waals surface area contributed by atoms with Gasteiger partial charge < -0.3 is 26.2 Å². The molecule has 1 aliphatic rings. The first-order chi connectivity index (χ1) is 14.9. The molecule has 0 aliphatic heterocycles. The number of pyridine rings is 1. The van der Waals surface area contributed by atoms with Crippen LogP contribution in [0.15, 0.2) is 54.5 Å². The Kier molecular flexibility index (Phi) is 4.57. The number of aryl methyl sites for hydroxylation is 1. The number of halogens is 1. The van der Waals surface area contributed by atoms with E-state index in [0.717, 1.165) is 5.56 Å². The van der Waals surface area contributed by atoms with Crippen molar-refractivity contribution in [3.63, 3.8) is 0 Å². The van der Waals surface area contributed by atoms with Crippen LogP contribution in [0.5, 0.6) is 0 Å². The number of fused-ring (bicyclic) bond motifs is 2. The van der Waals surface area contributed by atoms with Gasteiger partial charge in [0.05, 0.1) is 16.9 Å². The first-order valence-electron chi connectivity index (χ1n) is 9.91. The van der Waals surface area contributed by atoms with Crippen LogP contribution in [-0.4, -0.2) is 41.9 Å². The Hall–Kier alpha value is -3.56. The number of nitrogens with zero attached hydrogens (tertiary/aromatic N) is 4. The van der Waals surface area contributed by atoms with Crippen LogP contribution in [-0.2, 0) is 6.42 Å². The van der Waals surface area contributed by atoms with Crippen LogP contribution < -0.4 is 11.5 Å². The molecule has 0 saturated carbocycles. The number of aliphatic hydroxyl groups is 2. The number of aliphatic hydroxyl groups excluding tert-OH is 2. The van der Waals surface area contributed by atoms with Gasteiger partial charge in [-0.25, -0.2) is 19.3 Å². The third-order valence-corrected chi connectivity index (χ3v) is 5.84. The number of nitrogens with two attached hydrogens (primary N) is 2. The molecule has 0 radical (unpaired) electrons. The van der Waals surface area contributed by atoms with Gasteiger partial charge in [-0.1, -0.05) is 6.08 Å². The quantitative estimate of drug-likeness (QED) is 0.371. The minimum atomic E-state index is -1.03. The first-order valence-corrected chi connectivity index (χ1v) is 9.91. The van der Waals surface area contributed by atoms with E-state index in [1.807, 2.05) is 6.08 Å². The van der Waals surface area contributed by atoms with Crippen LogP contribution in [0.2, 0.25) is 0 Å². The molecule has 1 aromatic carbocycles. The lowest BCUT2D eigenvalue weighted by atomic mass is 10.0. The van der Waals surface area contributed by atoms with E-state index in [9.17, 15) is 14.6 Å². The molecule has 2 unspecified atom stereocenters. The van der Waals surface area contributed by atoms with Crippen molar-refractivity contribution in [3.8, 4) is 0 Å². The number of anilines is 2. The summed E-state index contributed by atoms with van der Waals surface area (Å²) in [6.45, 7) is 0. The molecule has 0 bridgehead atoms. The number of aromatic nitrogens is 4. The monoisotopic (exact) mass is 420 g/mol. The first kappa shape index (κ1) is 19.4. The maximum atomic E-state index is 14.4. The molecule has 4 aromatic rings. The van der Waals surface area contributed by atoms with E-state index in [2.05, 4.69) is 15.0 Å². The van der Waals surface area contributed by atoms with Crippen molar-refractivity contribution in [1.29, 1.82) is 0 Å². The van der Waals surface area contributed by atoms with Crippen LogP contribution in [0.1, 0.15) is 18.0 Å². The number of hydrogen-bond donors (Lipinski definition) is 4. The lowest BCUT2D eigenvalue weighted by Gasteiger charge is -2.19. The highest BCUT2D eigenvalue weighted by Crippen LogP contribution is 2.34. The standard InChI is InChI=1S/C22H21FN6O2/c23-15-7-11(8-16-13(15)3-4-18(24)28-16)1-2-12-9-17(20(31)19(12)30)29-6-5-14-21(25)26-10-27-22(14)29/h3-10,17,19-20,30-31H,1-2H2,(H2,24,28)(H2,25,26,27)/t17?,19?,20-/m1/s1. The van der Waals surface area contributed by atoms with Crippen molar-refractivity contribution in [2.24, 2.45) is 0 Å². The maximum Gasteiger partial charge on any atom is 0.146 e. The van der Waals surface area contributed by atoms with E-state index in [1.54, 1.807) is 35.0 Å². The molecule has 1 aliphatic carbocycles. The van der Waals surface area contributed by atoms with Crippen LogP contribution in [0.3, 0.4) is 0 Å². The summed E-state index contributed by atoms with van der Waals surface area (Å²) in [6, 6.07) is 7.73. The summed E-state index contributed by atoms with van der Waals surface area (Å²) in [5.41, 5.74) is 14.1. The summed E-state index contributed by atoms with van der Waals surface area (Å²) in [6.07, 6.45) is 3.85. The Bertz CT molecular complexity index is 1330. The zero-order valence-corrected chi connectivity index (χ0v) is 16.5. The van der Waals surface area contributed by atoms with Gasteiger partial charge >= 0.3 is 0 Å². The Morgan fingerprint density at radius 3 is 2.71 bits per heavy atom. The predicted molar refractivity (Wildman–Crippen MR) is 116 cm³/mol. The molecular formula is C22H21FN6O2. The largest absolute Gasteiger partial charge is 0.388 e. The molecule has 0 saturated heterocycles. The molecule has 0 amide bonds. The van der Waals surface area contributed by atoms with Crippen LogP contribution >= 0.6 is 0 Å². The number of benzene rings is 1. The summed E-state index contributed by atoms with van der Waals surface area (Å²) in [5.74, 6) is 0.316. The van der Waals surface area contributed by atoms with Gasteiger partial charge in [0.2, 0.25) is 0 Å². The summed E-state index contributed by atoms with van der Waals surface area (Å²) < 4.78 is 16.2. The highest BCUT2D eigenvalue weighted by atomic mass is 19.1. The molecule has 3 heterocycles. The second kappa shape index (κ2) is 7.29. The van der Waals surface area contributed by atoms with Gasteiger partial charge in [0, 0.05) is 11.6 Å². The summed E-state index contributed by atoms with van der Waals surface area (Å²) >= 11 is 0. The van der Waals surface area contributed by atoms with Gasteiger partial charge in [0.25, 0.3) is 0 Å². The molecule has 0 fully saturated rings. The number of rotatable bonds is 4. The zero-order valence-electron chi connectivity index (χ0n) is 16.5. The van der Waals surface area contributed by atoms with E-state index in [1.165, 1.54) is 12.4 Å². The lowest BCUT2D eigenvalue weighted by Crippen LogP contribution is -2.29. The van der Waals surface area contributed by atoms with Crippen molar-refractivity contribution in [2.75, 3.05) is 11.5 Å². The van der Waals surface area contributed by atoms with Crippen LogP contribution in [0, 0.1) is 5.82 Å². The predicted octanol–water partition coefficient (Wildman–Crippen LogP) is 2.12. The SMILES string of the molecule is Nc1ccc2c(F)cc(CCC3=CC(n4ccc5c(N)ncnc54)[C@@H](O)C3O)cc2n1. The maximum absolute atomic E-state index is 14.4. The van der Waals surface area contributed by atoms with Gasteiger partial charge in [-0.2, -0.15) is 0 Å². The average Bonchev–Trinajstić information content (AvgIpc) is 3.29. The molecule has 6 N–H and O–H groups in total. The number of hydrogen-bond acceptors (Lipinski definition) is 7. The van der Waals surface area contributed by atoms with Crippen molar-refractivity contribution in [1.82, 2.24) is 19.5 Å². The smallest absolute Gasteiger partial charge is 0.146 e. The Balaban J connectivity index is 1.42. The van der Waals surface area contributed by atoms with Gasteiger partial charge in [-0.05, 0) is 54.3 Å². The van der Waals surface area contributed by atoms with E-state index < -0.39 is 18.2 Å². The molecule has 8 nitrogen and oxygen atoms in total. The van der Waals surface area contributed by atoms with E-state index in [0.29, 0.717) is 52.0 Å². The van der Waals surface area contributed by atoms with Gasteiger partial charge in [-0.15, -0.1) is 0 Å². The summed E-state index contributed by atoms with van der Waals surface area (Å²) in [7, 11) is 0. The molecule has 3 aromatic heterocycles. The van der Waals surface area contributed by atoms with E-state index in [-0.39, 0.29) is 5.82 Å². The second-order valence-corrected chi connectivity index (χ2v) is 7.77. The Morgan fingerprint density at radius 1 is 1.03 bits per heavy atom. The molecule has 9 heteroatoms. The molecule has 3 atom stereocenters. The lowest BCUT2D eigenvalue weighted by molar-refractivity contribution is 0.0317. The second-order valence-electron chi connectivity index (χ2n) is 7.77. The molecule has 158 valence electrons. The van der Waals surface area contributed by atoms with E-state index in [4.69, 9.17) is 11.5 Å². The van der Waals surface area contributed by atoms with Crippen LogP contribution in [0.4, 0.5) is 16.0 Å². The van der Waals surface area contributed by atoms with Crippen molar-refractivity contribution in [2.45, 2.75) is 31.1 Å². The third kappa shape index (κ3) is 3.28. The van der Waals surface area contributed by atoms with Crippen molar-refractivity contribution < 1.29 is 14.6 Å². The molecule has 5 rings (SSSR count). The minimum absolute atomic E-state index is 0.326. The average molecular weight is 420 g/mol.